The molecule has 3 atom stereocenters. The highest BCUT2D eigenvalue weighted by Crippen LogP contribution is 2.47. The second-order valence-corrected chi connectivity index (χ2v) is 16.2. The first kappa shape index (κ1) is 45.7. The number of nitrogens with zero attached hydrogens (tertiary/aromatic N) is 7. The zero-order valence-corrected chi connectivity index (χ0v) is 36.9. The van der Waals surface area contributed by atoms with Gasteiger partial charge in [0.05, 0.1) is 94.1 Å². The van der Waals surface area contributed by atoms with Gasteiger partial charge in [0.25, 0.3) is 11.8 Å². The van der Waals surface area contributed by atoms with Gasteiger partial charge in [-0.25, -0.2) is 9.48 Å². The molecule has 0 saturated carbocycles. The lowest BCUT2D eigenvalue weighted by molar-refractivity contribution is -0.136. The molecule has 3 unspecified atom stereocenters. The van der Waals surface area contributed by atoms with Crippen molar-refractivity contribution >= 4 is 46.8 Å². The first-order chi connectivity index (χ1) is 32.0. The van der Waals surface area contributed by atoms with Gasteiger partial charge in [0.2, 0.25) is 17.7 Å². The highest BCUT2D eigenvalue weighted by atomic mass is 16.6. The van der Waals surface area contributed by atoms with Gasteiger partial charge in [0.1, 0.15) is 24.1 Å². The van der Waals surface area contributed by atoms with Crippen LogP contribution in [0.25, 0.3) is 5.57 Å². The van der Waals surface area contributed by atoms with Crippen molar-refractivity contribution in [1.29, 1.82) is 0 Å². The maximum absolute atomic E-state index is 14.0. The normalized spacial score (nSPS) is 19.5. The Kier molecular flexibility index (Phi) is 14.2. The van der Waals surface area contributed by atoms with Crippen molar-refractivity contribution < 1.29 is 52.2 Å². The van der Waals surface area contributed by atoms with Gasteiger partial charge in [-0.05, 0) is 56.0 Å². The average Bonchev–Trinajstić information content (AvgIpc) is 3.98. The second kappa shape index (κ2) is 20.5. The monoisotopic (exact) mass is 905 g/mol. The van der Waals surface area contributed by atoms with Crippen LogP contribution in [0.2, 0.25) is 0 Å². The topological polar surface area (TPSA) is 230 Å². The lowest BCUT2D eigenvalue weighted by Crippen LogP contribution is -2.54. The minimum atomic E-state index is -1.11. The van der Waals surface area contributed by atoms with Gasteiger partial charge in [-0.3, -0.25) is 34.2 Å². The number of carbonyl (C=O) groups is 6. The summed E-state index contributed by atoms with van der Waals surface area (Å²) in [5, 5.41) is 17.6. The van der Waals surface area contributed by atoms with E-state index in [4.69, 9.17) is 23.5 Å². The molecule has 4 aromatic rings. The van der Waals surface area contributed by atoms with E-state index in [-0.39, 0.29) is 74.0 Å². The van der Waals surface area contributed by atoms with Gasteiger partial charge in [0, 0.05) is 30.6 Å². The van der Waals surface area contributed by atoms with E-state index in [0.717, 1.165) is 38.8 Å². The number of rotatable bonds is 20. The molecule has 2 saturated heterocycles. The Labute approximate surface area is 379 Å². The van der Waals surface area contributed by atoms with Crippen LogP contribution in [0.15, 0.2) is 77.1 Å². The van der Waals surface area contributed by atoms with E-state index in [0.29, 0.717) is 51.7 Å². The van der Waals surface area contributed by atoms with Crippen LogP contribution in [-0.4, -0.2) is 136 Å². The number of benzene rings is 2. The van der Waals surface area contributed by atoms with E-state index in [1.165, 1.54) is 18.2 Å². The fraction of sp³-hybridized carbons (Fsp3) is 0.413. The summed E-state index contributed by atoms with van der Waals surface area (Å²) in [4.78, 5) is 81.3. The number of imide groups is 2. The van der Waals surface area contributed by atoms with Crippen LogP contribution in [0.5, 0.6) is 0 Å². The quantitative estimate of drug-likeness (QED) is 0.0955. The molecular formula is C46H51N9O11. The van der Waals surface area contributed by atoms with E-state index >= 15 is 0 Å². The Bertz CT molecular complexity index is 2530. The molecule has 0 radical (unpaired) electrons. The summed E-state index contributed by atoms with van der Waals surface area (Å²) < 4.78 is 29.5. The number of carbonyl (C=O) groups excluding carboxylic acids is 6. The van der Waals surface area contributed by atoms with Crippen LogP contribution in [-0.2, 0) is 46.4 Å². The van der Waals surface area contributed by atoms with Gasteiger partial charge < -0.3 is 38.6 Å². The molecule has 20 heteroatoms. The Morgan fingerprint density at radius 1 is 0.864 bits per heavy atom. The standard InChI is InChI=1S/C46H51N9O11/c1-28-40(29(2)66-50-28)31-12-13-36-34(24-31)42(30-8-5-4-6-9-30)54(46(61)52(36)3)26-32-25-53(51-49-32)16-17-62-18-19-63-20-21-64-22-23-65-27-39(57)47-35-11-7-10-33-41(35)45(60)55(44(33)59)37-14-15-38(56)48-43(37)58/h4-13,25,34,37,42H,14-24,26-27H2,1-3H3,(H,47,57)(H,48,56,58). The van der Waals surface area contributed by atoms with Crippen LogP contribution >= 0.6 is 0 Å². The van der Waals surface area contributed by atoms with Crippen molar-refractivity contribution in [3.8, 4) is 0 Å². The van der Waals surface area contributed by atoms with Crippen LogP contribution in [0.4, 0.5) is 10.5 Å². The third-order valence-corrected chi connectivity index (χ3v) is 11.9. The Morgan fingerprint density at radius 2 is 1.59 bits per heavy atom. The number of aryl methyl sites for hydroxylation is 2. The van der Waals surface area contributed by atoms with Crippen molar-refractivity contribution in [2.75, 3.05) is 65.2 Å². The van der Waals surface area contributed by atoms with Gasteiger partial charge in [-0.1, -0.05) is 52.8 Å². The van der Waals surface area contributed by atoms with Gasteiger partial charge in [-0.15, -0.1) is 5.10 Å². The molecule has 7 amide bonds. The van der Waals surface area contributed by atoms with Crippen molar-refractivity contribution in [1.82, 2.24) is 40.2 Å². The van der Waals surface area contributed by atoms with Crippen LogP contribution < -0.4 is 10.6 Å². The summed E-state index contributed by atoms with van der Waals surface area (Å²) in [7, 11) is 1.82. The van der Waals surface area contributed by atoms with E-state index in [2.05, 4.69) is 44.3 Å². The lowest BCUT2D eigenvalue weighted by Gasteiger charge is -2.48. The molecule has 4 aliphatic rings. The van der Waals surface area contributed by atoms with Gasteiger partial charge in [0.15, 0.2) is 0 Å². The predicted molar refractivity (Wildman–Crippen MR) is 233 cm³/mol. The molecule has 66 heavy (non-hydrogen) atoms. The first-order valence-corrected chi connectivity index (χ1v) is 21.8. The molecule has 2 aromatic heterocycles. The molecule has 20 nitrogen and oxygen atoms in total. The van der Waals surface area contributed by atoms with Crippen molar-refractivity contribution in [2.24, 2.45) is 5.92 Å². The molecule has 2 N–H and O–H groups in total. The Morgan fingerprint density at radius 3 is 2.30 bits per heavy atom. The molecule has 0 bridgehead atoms. The average molecular weight is 906 g/mol. The summed E-state index contributed by atoms with van der Waals surface area (Å²) in [6, 6.07) is 13.1. The predicted octanol–water partition coefficient (Wildman–Crippen LogP) is 3.59. The number of piperidine rings is 1. The van der Waals surface area contributed by atoms with Crippen molar-refractivity contribution in [2.45, 2.75) is 58.3 Å². The zero-order chi connectivity index (χ0) is 46.3. The summed E-state index contributed by atoms with van der Waals surface area (Å²) in [6.45, 7) is 6.29. The summed E-state index contributed by atoms with van der Waals surface area (Å²) in [6.07, 6.45) is 6.68. The SMILES string of the molecule is Cc1noc(C)c1C1=CC=C2C(C1)C(c1ccccc1)N(Cc1cn(CCOCCOCCOCCOCC(=O)Nc3cccc4c3C(=O)N(C3CCC(=O)NC3=O)C4=O)nn1)C(=O)N2C. The number of amides is 7. The third-order valence-electron chi connectivity index (χ3n) is 11.9. The number of hydrogen-bond donors (Lipinski definition) is 2. The van der Waals surface area contributed by atoms with Crippen LogP contribution in [0.1, 0.15) is 74.3 Å². The summed E-state index contributed by atoms with van der Waals surface area (Å²) in [5.41, 5.74) is 5.78. The Hall–Kier alpha value is -6.87. The fourth-order valence-corrected chi connectivity index (χ4v) is 8.83. The number of aromatic nitrogens is 4. The van der Waals surface area contributed by atoms with E-state index in [1.54, 1.807) is 9.58 Å². The number of nitrogens with one attached hydrogen (secondary N) is 2. The van der Waals surface area contributed by atoms with Crippen molar-refractivity contribution in [3.05, 3.63) is 112 Å². The lowest BCUT2D eigenvalue weighted by atomic mass is 9.78. The maximum atomic E-state index is 14.0. The Balaban J connectivity index is 0.710. The van der Waals surface area contributed by atoms with Gasteiger partial charge in [-0.2, -0.15) is 0 Å². The number of hydrogen-bond acceptors (Lipinski definition) is 14. The number of allylic oxidation sites excluding steroid dienone is 3. The molecule has 346 valence electrons. The highest BCUT2D eigenvalue weighted by molar-refractivity contribution is 6.26. The van der Waals surface area contributed by atoms with E-state index < -0.39 is 35.6 Å². The van der Waals surface area contributed by atoms with Gasteiger partial charge >= 0.3 is 6.03 Å². The highest BCUT2D eigenvalue weighted by Gasteiger charge is 2.47. The summed E-state index contributed by atoms with van der Waals surface area (Å²) in [5.74, 6) is -2.37. The summed E-state index contributed by atoms with van der Waals surface area (Å²) >= 11 is 0. The molecule has 5 heterocycles. The number of urea groups is 1. The molecule has 2 fully saturated rings. The minimum absolute atomic E-state index is 0.000420. The zero-order valence-electron chi connectivity index (χ0n) is 36.9. The number of ether oxygens (including phenoxy) is 4. The van der Waals surface area contributed by atoms with Crippen LogP contribution in [0.3, 0.4) is 0 Å². The fourth-order valence-electron chi connectivity index (χ4n) is 8.83. The van der Waals surface area contributed by atoms with E-state index in [9.17, 15) is 28.8 Å². The smallest absolute Gasteiger partial charge is 0.324 e. The van der Waals surface area contributed by atoms with Crippen molar-refractivity contribution in [3.63, 3.8) is 0 Å². The molecule has 3 aliphatic heterocycles. The second-order valence-electron chi connectivity index (χ2n) is 16.2. The van der Waals surface area contributed by atoms with Crippen LogP contribution in [0, 0.1) is 19.8 Å². The molecule has 1 aliphatic carbocycles. The molecule has 2 aromatic carbocycles. The minimum Gasteiger partial charge on any atom is -0.377 e. The number of anilines is 1. The first-order valence-electron chi connectivity index (χ1n) is 21.8. The third kappa shape index (κ3) is 9.86. The maximum Gasteiger partial charge on any atom is 0.324 e. The molecule has 8 rings (SSSR count). The molecular weight excluding hydrogens is 855 g/mol. The largest absolute Gasteiger partial charge is 0.377 e. The molecule has 0 spiro atoms. The van der Waals surface area contributed by atoms with E-state index in [1.807, 2.05) is 56.3 Å². The number of fused-ring (bicyclic) bond motifs is 2.